The van der Waals surface area contributed by atoms with Gasteiger partial charge in [-0.2, -0.15) is 0 Å². The lowest BCUT2D eigenvalue weighted by molar-refractivity contribution is -0.137. The standard InChI is InChI=1S/C23H28O5/c1-12-6-18-19(13(2)23(4-5-23)22(3,28)21(18)27)17(12)9-15-7-14(10-24)8-16(11-25)20(15)26/h6,10-11,14-16,20,26,28H,4-5,7-9H2,1-3H3/t14?,15?,16?,20?,22-/m0/s1. The molecule has 4 aliphatic carbocycles. The Hall–Kier alpha value is -1.85. The minimum absolute atomic E-state index is 0.204. The van der Waals surface area contributed by atoms with Crippen molar-refractivity contribution in [2.75, 3.05) is 0 Å². The molecule has 5 nitrogen and oxygen atoms in total. The van der Waals surface area contributed by atoms with Crippen molar-refractivity contribution in [1.29, 1.82) is 0 Å². The number of Topliss-reactive ketones (excluding diaryl/α,β-unsaturated/α-hetero) is 1. The Morgan fingerprint density at radius 2 is 1.86 bits per heavy atom. The van der Waals surface area contributed by atoms with Gasteiger partial charge in [-0.05, 0) is 81.6 Å². The van der Waals surface area contributed by atoms with Crippen LogP contribution in [0.4, 0.5) is 0 Å². The Bertz CT molecular complexity index is 852. The highest BCUT2D eigenvalue weighted by molar-refractivity contribution is 6.10. The number of carbonyl (C=O) groups excluding carboxylic acids is 3. The predicted molar refractivity (Wildman–Crippen MR) is 103 cm³/mol. The van der Waals surface area contributed by atoms with Gasteiger partial charge in [0.15, 0.2) is 5.78 Å². The molecule has 0 aromatic heterocycles. The number of hydrogen-bond donors (Lipinski definition) is 2. The van der Waals surface area contributed by atoms with Gasteiger partial charge in [0.25, 0.3) is 0 Å². The van der Waals surface area contributed by atoms with Crippen LogP contribution in [0.1, 0.15) is 52.9 Å². The molecule has 0 aromatic carbocycles. The van der Waals surface area contributed by atoms with Gasteiger partial charge in [-0.15, -0.1) is 0 Å². The lowest BCUT2D eigenvalue weighted by atomic mass is 9.65. The summed E-state index contributed by atoms with van der Waals surface area (Å²) in [5.41, 5.74) is 2.68. The van der Waals surface area contributed by atoms with E-state index in [1.807, 2.05) is 19.9 Å². The highest BCUT2D eigenvalue weighted by Crippen LogP contribution is 2.65. The van der Waals surface area contributed by atoms with Crippen molar-refractivity contribution in [3.63, 3.8) is 0 Å². The molecule has 4 unspecified atom stereocenters. The SMILES string of the molecule is CC1=C(CC2CC(C=O)CC(C=O)C2O)C2=C(C)C3(CC3)[C@@](C)(O)C(=O)C2=C1. The number of aldehydes is 2. The third kappa shape index (κ3) is 2.49. The third-order valence-electron chi connectivity index (χ3n) is 7.81. The molecular weight excluding hydrogens is 356 g/mol. The van der Waals surface area contributed by atoms with Crippen LogP contribution in [-0.4, -0.2) is 40.3 Å². The molecule has 5 atom stereocenters. The predicted octanol–water partition coefficient (Wildman–Crippen LogP) is 2.46. The summed E-state index contributed by atoms with van der Waals surface area (Å²) in [7, 11) is 0. The molecule has 0 saturated heterocycles. The smallest absolute Gasteiger partial charge is 0.195 e. The first kappa shape index (κ1) is 19.5. The molecule has 0 aliphatic heterocycles. The molecule has 28 heavy (non-hydrogen) atoms. The van der Waals surface area contributed by atoms with E-state index < -0.39 is 23.0 Å². The molecule has 2 fully saturated rings. The van der Waals surface area contributed by atoms with Gasteiger partial charge < -0.3 is 19.8 Å². The Morgan fingerprint density at radius 1 is 1.18 bits per heavy atom. The topological polar surface area (TPSA) is 91.7 Å². The lowest BCUT2D eigenvalue weighted by Gasteiger charge is -2.40. The molecule has 2 saturated carbocycles. The van der Waals surface area contributed by atoms with E-state index in [0.717, 1.165) is 47.7 Å². The van der Waals surface area contributed by atoms with Crippen molar-refractivity contribution in [3.05, 3.63) is 33.9 Å². The quantitative estimate of drug-likeness (QED) is 0.727. The molecule has 4 rings (SSSR count). The normalized spacial score (nSPS) is 39.2. The largest absolute Gasteiger partial charge is 0.392 e. The average molecular weight is 384 g/mol. The number of allylic oxidation sites excluding steroid dienone is 4. The zero-order valence-electron chi connectivity index (χ0n) is 16.7. The van der Waals surface area contributed by atoms with Crippen LogP contribution >= 0.6 is 0 Å². The second-order valence-electron chi connectivity index (χ2n) is 9.33. The Balaban J connectivity index is 1.70. The Morgan fingerprint density at radius 3 is 2.43 bits per heavy atom. The van der Waals surface area contributed by atoms with Crippen LogP contribution < -0.4 is 0 Å². The van der Waals surface area contributed by atoms with E-state index in [1.165, 1.54) is 0 Å². The maximum absolute atomic E-state index is 13.1. The fourth-order valence-electron chi connectivity index (χ4n) is 5.85. The number of ketones is 1. The van der Waals surface area contributed by atoms with Gasteiger partial charge in [0.05, 0.1) is 6.10 Å². The maximum Gasteiger partial charge on any atom is 0.195 e. The van der Waals surface area contributed by atoms with Crippen LogP contribution in [0.2, 0.25) is 0 Å². The minimum atomic E-state index is -1.38. The van der Waals surface area contributed by atoms with Gasteiger partial charge in [0.1, 0.15) is 18.2 Å². The van der Waals surface area contributed by atoms with E-state index in [0.29, 0.717) is 24.8 Å². The molecule has 0 aromatic rings. The average Bonchev–Trinajstić information content (AvgIpc) is 3.42. The third-order valence-corrected chi connectivity index (χ3v) is 7.81. The van der Waals surface area contributed by atoms with Crippen molar-refractivity contribution in [2.45, 2.75) is 64.6 Å². The summed E-state index contributed by atoms with van der Waals surface area (Å²) in [4.78, 5) is 35.8. The number of aliphatic hydroxyl groups is 2. The van der Waals surface area contributed by atoms with Gasteiger partial charge in [0, 0.05) is 22.8 Å². The molecule has 0 bridgehead atoms. The van der Waals surface area contributed by atoms with Crippen molar-refractivity contribution in [2.24, 2.45) is 23.2 Å². The molecule has 2 N–H and O–H groups in total. The monoisotopic (exact) mass is 384 g/mol. The number of fused-ring (bicyclic) bond motifs is 1. The summed E-state index contributed by atoms with van der Waals surface area (Å²) >= 11 is 0. The second kappa shape index (κ2) is 6.33. The molecule has 1 spiro atoms. The Labute approximate surface area is 165 Å². The molecule has 150 valence electrons. The van der Waals surface area contributed by atoms with E-state index in [4.69, 9.17) is 0 Å². The van der Waals surface area contributed by atoms with E-state index >= 15 is 0 Å². The fourth-order valence-corrected chi connectivity index (χ4v) is 5.85. The number of aliphatic hydroxyl groups excluding tert-OH is 1. The van der Waals surface area contributed by atoms with Gasteiger partial charge in [-0.25, -0.2) is 0 Å². The van der Waals surface area contributed by atoms with Gasteiger partial charge in [0.2, 0.25) is 0 Å². The fraction of sp³-hybridized carbons (Fsp3) is 0.609. The van der Waals surface area contributed by atoms with Crippen molar-refractivity contribution >= 4 is 18.4 Å². The molecule has 0 heterocycles. The van der Waals surface area contributed by atoms with Crippen LogP contribution in [-0.2, 0) is 14.4 Å². The molecule has 5 heteroatoms. The van der Waals surface area contributed by atoms with Crippen LogP contribution in [0.25, 0.3) is 0 Å². The van der Waals surface area contributed by atoms with E-state index in [2.05, 4.69) is 0 Å². The van der Waals surface area contributed by atoms with E-state index in [-0.39, 0.29) is 17.6 Å². The van der Waals surface area contributed by atoms with Crippen molar-refractivity contribution in [1.82, 2.24) is 0 Å². The summed E-state index contributed by atoms with van der Waals surface area (Å²) in [5, 5.41) is 21.7. The second-order valence-corrected chi connectivity index (χ2v) is 9.33. The highest BCUT2D eigenvalue weighted by atomic mass is 16.3. The molecule has 0 radical (unpaired) electrons. The molecule has 4 aliphatic rings. The first-order chi connectivity index (χ1) is 13.2. The molecular formula is C23H28O5. The number of hydrogen-bond acceptors (Lipinski definition) is 5. The summed E-state index contributed by atoms with van der Waals surface area (Å²) in [6, 6.07) is 0. The Kier molecular flexibility index (Phi) is 4.40. The summed E-state index contributed by atoms with van der Waals surface area (Å²) in [6.45, 7) is 5.59. The zero-order chi connectivity index (χ0) is 20.4. The summed E-state index contributed by atoms with van der Waals surface area (Å²) in [5.74, 6) is -1.18. The van der Waals surface area contributed by atoms with Crippen LogP contribution in [0.15, 0.2) is 33.9 Å². The summed E-state index contributed by atoms with van der Waals surface area (Å²) in [6.07, 6.45) is 5.79. The maximum atomic E-state index is 13.1. The van der Waals surface area contributed by atoms with Gasteiger partial charge >= 0.3 is 0 Å². The minimum Gasteiger partial charge on any atom is -0.392 e. The number of rotatable bonds is 4. The van der Waals surface area contributed by atoms with Crippen LogP contribution in [0.3, 0.4) is 0 Å². The van der Waals surface area contributed by atoms with Gasteiger partial charge in [-0.3, -0.25) is 4.79 Å². The highest BCUT2D eigenvalue weighted by Gasteiger charge is 2.65. The lowest BCUT2D eigenvalue weighted by Crippen LogP contribution is -2.49. The first-order valence-corrected chi connectivity index (χ1v) is 10.2. The van der Waals surface area contributed by atoms with Crippen LogP contribution in [0.5, 0.6) is 0 Å². The summed E-state index contributed by atoms with van der Waals surface area (Å²) < 4.78 is 0. The van der Waals surface area contributed by atoms with Gasteiger partial charge in [-0.1, -0.05) is 5.57 Å². The van der Waals surface area contributed by atoms with Crippen LogP contribution in [0, 0.1) is 23.2 Å². The number of carbonyl (C=O) groups is 3. The van der Waals surface area contributed by atoms with E-state index in [1.54, 1.807) is 6.92 Å². The van der Waals surface area contributed by atoms with E-state index in [9.17, 15) is 24.6 Å². The van der Waals surface area contributed by atoms with Crippen molar-refractivity contribution in [3.8, 4) is 0 Å². The first-order valence-electron chi connectivity index (χ1n) is 10.2. The molecule has 0 amide bonds. The van der Waals surface area contributed by atoms with Crippen molar-refractivity contribution < 1.29 is 24.6 Å². The zero-order valence-corrected chi connectivity index (χ0v) is 16.7.